The third-order valence-electron chi connectivity index (χ3n) is 6.57. The van der Waals surface area contributed by atoms with Crippen molar-refractivity contribution < 1.29 is 9.53 Å². The number of fused-ring (bicyclic) bond motifs is 1. The highest BCUT2D eigenvalue weighted by atomic mass is 16.5. The number of ether oxygens (including phenoxy) is 1. The number of rotatable bonds is 8. The SMILES string of the molecule is CCn1c(=O)c2ccccc2n(CC(=O)NCC(c2ccccc2OC)N2CCCCC2)c1=O. The second-order valence-electron chi connectivity index (χ2n) is 8.59. The molecule has 3 aromatic rings. The van der Waals surface area contributed by atoms with Gasteiger partial charge in [-0.3, -0.25) is 23.6 Å². The predicted octanol–water partition coefficient (Wildman–Crippen LogP) is 2.54. The molecular formula is C26H32N4O4. The van der Waals surface area contributed by atoms with Crippen molar-refractivity contribution in [2.45, 2.75) is 45.3 Å². The van der Waals surface area contributed by atoms with Crippen LogP contribution in [0, 0.1) is 0 Å². The van der Waals surface area contributed by atoms with Crippen molar-refractivity contribution in [3.63, 3.8) is 0 Å². The zero-order chi connectivity index (χ0) is 24.1. The summed E-state index contributed by atoms with van der Waals surface area (Å²) in [6.45, 7) is 4.17. The fourth-order valence-electron chi connectivity index (χ4n) is 4.82. The molecule has 1 amide bonds. The number of hydrogen-bond acceptors (Lipinski definition) is 5. The van der Waals surface area contributed by atoms with E-state index in [4.69, 9.17) is 4.74 Å². The van der Waals surface area contributed by atoms with Gasteiger partial charge in [0.25, 0.3) is 5.56 Å². The molecule has 34 heavy (non-hydrogen) atoms. The summed E-state index contributed by atoms with van der Waals surface area (Å²) in [5, 5.41) is 3.47. The summed E-state index contributed by atoms with van der Waals surface area (Å²) in [6.07, 6.45) is 3.46. The number of aromatic nitrogens is 2. The molecule has 8 nitrogen and oxygen atoms in total. The maximum absolute atomic E-state index is 13.1. The summed E-state index contributed by atoms with van der Waals surface area (Å²) in [5.74, 6) is 0.523. The Morgan fingerprint density at radius 2 is 1.71 bits per heavy atom. The van der Waals surface area contributed by atoms with Gasteiger partial charge in [-0.05, 0) is 51.1 Å². The van der Waals surface area contributed by atoms with Gasteiger partial charge in [-0.2, -0.15) is 0 Å². The first kappa shape index (κ1) is 23.8. The Bertz CT molecular complexity index is 1270. The first-order chi connectivity index (χ1) is 16.5. The van der Waals surface area contributed by atoms with Crippen LogP contribution in [0.2, 0.25) is 0 Å². The van der Waals surface area contributed by atoms with Crippen LogP contribution in [0.25, 0.3) is 10.9 Å². The van der Waals surface area contributed by atoms with Gasteiger partial charge in [0.1, 0.15) is 12.3 Å². The van der Waals surface area contributed by atoms with Crippen LogP contribution in [0.5, 0.6) is 5.75 Å². The normalized spacial score (nSPS) is 15.2. The zero-order valence-corrected chi connectivity index (χ0v) is 19.8. The second kappa shape index (κ2) is 10.7. The Hall–Kier alpha value is -3.39. The van der Waals surface area contributed by atoms with Crippen LogP contribution in [0.1, 0.15) is 37.8 Å². The molecule has 1 unspecified atom stereocenters. The van der Waals surface area contributed by atoms with Gasteiger partial charge in [0.2, 0.25) is 5.91 Å². The molecular weight excluding hydrogens is 432 g/mol. The van der Waals surface area contributed by atoms with Crippen molar-refractivity contribution in [2.75, 3.05) is 26.7 Å². The van der Waals surface area contributed by atoms with E-state index in [1.54, 1.807) is 38.3 Å². The number of para-hydroxylation sites is 2. The molecule has 1 aromatic heterocycles. The van der Waals surface area contributed by atoms with Gasteiger partial charge >= 0.3 is 5.69 Å². The topological polar surface area (TPSA) is 85.6 Å². The predicted molar refractivity (Wildman–Crippen MR) is 132 cm³/mol. The summed E-state index contributed by atoms with van der Waals surface area (Å²) in [4.78, 5) is 41.1. The van der Waals surface area contributed by atoms with Gasteiger partial charge < -0.3 is 10.1 Å². The lowest BCUT2D eigenvalue weighted by atomic mass is 10.0. The van der Waals surface area contributed by atoms with Crippen molar-refractivity contribution in [1.82, 2.24) is 19.4 Å². The molecule has 1 saturated heterocycles. The molecule has 0 radical (unpaired) electrons. The molecule has 0 bridgehead atoms. The zero-order valence-electron chi connectivity index (χ0n) is 19.8. The van der Waals surface area contributed by atoms with E-state index in [9.17, 15) is 14.4 Å². The van der Waals surface area contributed by atoms with E-state index in [2.05, 4.69) is 10.2 Å². The number of piperidine rings is 1. The fraction of sp³-hybridized carbons (Fsp3) is 0.423. The van der Waals surface area contributed by atoms with Crippen molar-refractivity contribution in [3.8, 4) is 5.75 Å². The van der Waals surface area contributed by atoms with Crippen LogP contribution in [0.15, 0.2) is 58.1 Å². The first-order valence-corrected chi connectivity index (χ1v) is 11.9. The maximum Gasteiger partial charge on any atom is 0.331 e. The molecule has 180 valence electrons. The molecule has 0 saturated carbocycles. The Morgan fingerprint density at radius 3 is 2.44 bits per heavy atom. The van der Waals surface area contributed by atoms with E-state index in [0.717, 1.165) is 37.2 Å². The number of carbonyl (C=O) groups is 1. The van der Waals surface area contributed by atoms with Gasteiger partial charge in [0.05, 0.1) is 24.1 Å². The summed E-state index contributed by atoms with van der Waals surface area (Å²) in [7, 11) is 1.66. The molecule has 2 aromatic carbocycles. The standard InChI is InChI=1S/C26H32N4O4/c1-3-29-25(32)20-12-5-7-13-21(20)30(26(29)33)18-24(31)27-17-22(28-15-9-4-10-16-28)19-11-6-8-14-23(19)34-2/h5-8,11-14,22H,3-4,9-10,15-18H2,1-2H3,(H,27,31). The lowest BCUT2D eigenvalue weighted by molar-refractivity contribution is -0.122. The number of carbonyl (C=O) groups excluding carboxylic acids is 1. The quantitative estimate of drug-likeness (QED) is 0.554. The minimum atomic E-state index is -0.473. The molecule has 8 heteroatoms. The second-order valence-corrected chi connectivity index (χ2v) is 8.59. The number of nitrogens with zero attached hydrogens (tertiary/aromatic N) is 3. The largest absolute Gasteiger partial charge is 0.496 e. The van der Waals surface area contributed by atoms with Gasteiger partial charge in [-0.1, -0.05) is 36.8 Å². The Balaban J connectivity index is 1.59. The molecule has 2 heterocycles. The van der Waals surface area contributed by atoms with E-state index in [1.807, 2.05) is 24.3 Å². The van der Waals surface area contributed by atoms with Crippen molar-refractivity contribution in [3.05, 3.63) is 74.9 Å². The molecule has 4 rings (SSSR count). The molecule has 0 aliphatic carbocycles. The minimum Gasteiger partial charge on any atom is -0.496 e. The maximum atomic E-state index is 13.1. The Morgan fingerprint density at radius 1 is 1.00 bits per heavy atom. The molecule has 1 N–H and O–H groups in total. The molecule has 1 atom stereocenters. The van der Waals surface area contributed by atoms with Crippen LogP contribution in [-0.4, -0.2) is 46.7 Å². The van der Waals surface area contributed by atoms with Crippen LogP contribution >= 0.6 is 0 Å². The average Bonchev–Trinajstić information content (AvgIpc) is 2.88. The van der Waals surface area contributed by atoms with Crippen molar-refractivity contribution in [2.24, 2.45) is 0 Å². The highest BCUT2D eigenvalue weighted by molar-refractivity contribution is 5.81. The third kappa shape index (κ3) is 4.77. The number of methoxy groups -OCH3 is 1. The highest BCUT2D eigenvalue weighted by Gasteiger charge is 2.25. The van der Waals surface area contributed by atoms with E-state index in [0.29, 0.717) is 17.4 Å². The molecule has 1 fully saturated rings. The smallest absolute Gasteiger partial charge is 0.331 e. The van der Waals surface area contributed by atoms with E-state index in [-0.39, 0.29) is 30.6 Å². The molecule has 0 spiro atoms. The lowest BCUT2D eigenvalue weighted by Gasteiger charge is -2.35. The summed E-state index contributed by atoms with van der Waals surface area (Å²) in [6, 6.07) is 14.8. The van der Waals surface area contributed by atoms with Gasteiger partial charge in [-0.15, -0.1) is 0 Å². The number of likely N-dealkylation sites (tertiary alicyclic amines) is 1. The van der Waals surface area contributed by atoms with Gasteiger partial charge in [0, 0.05) is 18.7 Å². The fourth-order valence-corrected chi connectivity index (χ4v) is 4.82. The van der Waals surface area contributed by atoms with Crippen LogP contribution < -0.4 is 21.3 Å². The van der Waals surface area contributed by atoms with E-state index in [1.165, 1.54) is 15.6 Å². The Kier molecular flexibility index (Phi) is 7.47. The Labute approximate surface area is 198 Å². The first-order valence-electron chi connectivity index (χ1n) is 11.9. The minimum absolute atomic E-state index is 0.0292. The number of amides is 1. The van der Waals surface area contributed by atoms with E-state index >= 15 is 0 Å². The third-order valence-corrected chi connectivity index (χ3v) is 6.57. The average molecular weight is 465 g/mol. The van der Waals surface area contributed by atoms with Crippen molar-refractivity contribution >= 4 is 16.8 Å². The summed E-state index contributed by atoms with van der Waals surface area (Å²) < 4.78 is 8.15. The van der Waals surface area contributed by atoms with Crippen molar-refractivity contribution in [1.29, 1.82) is 0 Å². The van der Waals surface area contributed by atoms with E-state index < -0.39 is 5.69 Å². The van der Waals surface area contributed by atoms with Crippen LogP contribution in [-0.2, 0) is 17.9 Å². The van der Waals surface area contributed by atoms with Gasteiger partial charge in [-0.25, -0.2) is 4.79 Å². The highest BCUT2D eigenvalue weighted by Crippen LogP contribution is 2.30. The summed E-state index contributed by atoms with van der Waals surface area (Å²) >= 11 is 0. The summed E-state index contributed by atoms with van der Waals surface area (Å²) in [5.41, 5.74) is 0.698. The van der Waals surface area contributed by atoms with Crippen LogP contribution in [0.3, 0.4) is 0 Å². The van der Waals surface area contributed by atoms with Crippen LogP contribution in [0.4, 0.5) is 0 Å². The lowest BCUT2D eigenvalue weighted by Crippen LogP contribution is -2.44. The number of nitrogens with one attached hydrogen (secondary N) is 1. The molecule has 1 aliphatic heterocycles. The molecule has 1 aliphatic rings. The number of benzene rings is 2. The number of hydrogen-bond donors (Lipinski definition) is 1. The monoisotopic (exact) mass is 464 g/mol. The van der Waals surface area contributed by atoms with Gasteiger partial charge in [0.15, 0.2) is 0 Å².